The van der Waals surface area contributed by atoms with Crippen LogP contribution in [0.5, 0.6) is 0 Å². The summed E-state index contributed by atoms with van der Waals surface area (Å²) in [7, 11) is 0. The number of amides is 2. The number of carbonyl (C=O) groups excluding carboxylic acids is 2. The van der Waals surface area contributed by atoms with Gasteiger partial charge in [-0.1, -0.05) is 64.8 Å². The van der Waals surface area contributed by atoms with Crippen LogP contribution in [0.4, 0.5) is 0 Å². The Kier molecular flexibility index (Phi) is 9.92. The van der Waals surface area contributed by atoms with E-state index in [9.17, 15) is 9.59 Å². The van der Waals surface area contributed by atoms with E-state index < -0.39 is 6.04 Å². The van der Waals surface area contributed by atoms with Crippen LogP contribution in [0.25, 0.3) is 0 Å². The van der Waals surface area contributed by atoms with Gasteiger partial charge in [0.2, 0.25) is 11.8 Å². The smallest absolute Gasteiger partial charge is 0.243 e. The van der Waals surface area contributed by atoms with Crippen LogP contribution in [0.1, 0.15) is 43.9 Å². The molecule has 162 valence electrons. The van der Waals surface area contributed by atoms with Gasteiger partial charge in [0.05, 0.1) is 5.75 Å². The molecule has 0 aliphatic heterocycles. The largest absolute Gasteiger partial charge is 0.352 e. The van der Waals surface area contributed by atoms with Gasteiger partial charge < -0.3 is 10.2 Å². The average Bonchev–Trinajstić information content (AvgIpc) is 2.68. The van der Waals surface area contributed by atoms with Crippen molar-refractivity contribution in [2.45, 2.75) is 58.5 Å². The van der Waals surface area contributed by atoms with Gasteiger partial charge in [0, 0.05) is 22.8 Å². The molecule has 0 bridgehead atoms. The van der Waals surface area contributed by atoms with Crippen molar-refractivity contribution in [3.63, 3.8) is 0 Å². The van der Waals surface area contributed by atoms with Crippen LogP contribution in [0.2, 0.25) is 0 Å². The topological polar surface area (TPSA) is 49.4 Å². The third-order valence-corrected chi connectivity index (χ3v) is 6.18. The number of nitrogens with one attached hydrogen (secondary N) is 1. The first kappa shape index (κ1) is 24.5. The first-order valence-corrected chi connectivity index (χ1v) is 12.2. The molecule has 0 heterocycles. The molecule has 0 aliphatic rings. The molecule has 0 fully saturated rings. The van der Waals surface area contributed by atoms with E-state index in [0.717, 1.165) is 21.4 Å². The van der Waals surface area contributed by atoms with Gasteiger partial charge in [0.1, 0.15) is 6.04 Å². The number of thioether (sulfide) groups is 1. The second-order valence-corrected chi connectivity index (χ2v) is 9.62. The number of aryl methyl sites for hydroxylation is 1. The lowest BCUT2D eigenvalue weighted by molar-refractivity contribution is -0.139. The molecule has 0 saturated carbocycles. The molecule has 2 aromatic carbocycles. The predicted octanol–water partition coefficient (Wildman–Crippen LogP) is 5.32. The van der Waals surface area contributed by atoms with E-state index in [1.807, 2.05) is 58.0 Å². The highest BCUT2D eigenvalue weighted by Gasteiger charge is 2.28. The number of benzene rings is 2. The maximum atomic E-state index is 13.2. The van der Waals surface area contributed by atoms with Crippen LogP contribution in [0, 0.1) is 6.92 Å². The van der Waals surface area contributed by atoms with Gasteiger partial charge in [0.15, 0.2) is 0 Å². The highest BCUT2D eigenvalue weighted by atomic mass is 79.9. The zero-order valence-electron chi connectivity index (χ0n) is 18.2. The molecule has 0 radical (unpaired) electrons. The van der Waals surface area contributed by atoms with Crippen molar-refractivity contribution in [3.05, 3.63) is 69.7 Å². The fraction of sp³-hybridized carbons (Fsp3) is 0.417. The molecule has 0 spiro atoms. The second-order valence-electron chi connectivity index (χ2n) is 7.72. The van der Waals surface area contributed by atoms with E-state index in [0.29, 0.717) is 18.7 Å². The van der Waals surface area contributed by atoms with E-state index in [2.05, 4.69) is 39.4 Å². The molecule has 0 aliphatic carbocycles. The van der Waals surface area contributed by atoms with Crippen molar-refractivity contribution in [2.75, 3.05) is 5.75 Å². The minimum absolute atomic E-state index is 0.00984. The van der Waals surface area contributed by atoms with Crippen molar-refractivity contribution in [1.29, 1.82) is 0 Å². The highest BCUT2D eigenvalue weighted by molar-refractivity contribution is 9.10. The normalized spacial score (nSPS) is 11.9. The molecule has 0 saturated heterocycles. The summed E-state index contributed by atoms with van der Waals surface area (Å²) in [5, 5.41) is 2.97. The van der Waals surface area contributed by atoms with Crippen LogP contribution < -0.4 is 5.32 Å². The molecular formula is C24H31BrN2O2S. The summed E-state index contributed by atoms with van der Waals surface area (Å²) in [6.45, 7) is 8.29. The number of nitrogens with zero attached hydrogens (tertiary/aromatic N) is 1. The summed E-state index contributed by atoms with van der Waals surface area (Å²) >= 11 is 5.02. The van der Waals surface area contributed by atoms with E-state index >= 15 is 0 Å². The van der Waals surface area contributed by atoms with Crippen LogP contribution in [0.15, 0.2) is 53.0 Å². The van der Waals surface area contributed by atoms with Gasteiger partial charge in [-0.05, 0) is 50.5 Å². The summed E-state index contributed by atoms with van der Waals surface area (Å²) in [6.07, 6.45) is 0.577. The summed E-state index contributed by atoms with van der Waals surface area (Å²) in [6, 6.07) is 15.8. The zero-order chi connectivity index (χ0) is 22.1. The lowest BCUT2D eigenvalue weighted by atomic mass is 10.1. The van der Waals surface area contributed by atoms with Crippen molar-refractivity contribution in [3.8, 4) is 0 Å². The Morgan fingerprint density at radius 1 is 1.10 bits per heavy atom. The summed E-state index contributed by atoms with van der Waals surface area (Å²) in [5.74, 6) is 0.996. The molecule has 2 aromatic rings. The van der Waals surface area contributed by atoms with Crippen LogP contribution in [-0.4, -0.2) is 34.6 Å². The molecule has 30 heavy (non-hydrogen) atoms. The zero-order valence-corrected chi connectivity index (χ0v) is 20.6. The Labute approximate surface area is 192 Å². The fourth-order valence-electron chi connectivity index (χ4n) is 3.23. The summed E-state index contributed by atoms with van der Waals surface area (Å²) in [5.41, 5.74) is 3.35. The standard InChI is InChI=1S/C24H31BrN2O2S/c1-5-22(24(29)26-17(2)3)27(14-20-8-6-7-18(4)13-20)23(28)16-30-15-19-9-11-21(25)12-10-19/h6-13,17,22H,5,14-16H2,1-4H3,(H,26,29). The number of rotatable bonds is 10. The first-order chi connectivity index (χ1) is 14.3. The van der Waals surface area contributed by atoms with Gasteiger partial charge in [-0.2, -0.15) is 0 Å². The molecule has 1 N–H and O–H groups in total. The van der Waals surface area contributed by atoms with Gasteiger partial charge in [0.25, 0.3) is 0 Å². The van der Waals surface area contributed by atoms with Crippen molar-refractivity contribution in [2.24, 2.45) is 0 Å². The Hall–Kier alpha value is -1.79. The average molecular weight is 491 g/mol. The molecule has 1 unspecified atom stereocenters. The van der Waals surface area contributed by atoms with E-state index in [1.165, 1.54) is 5.56 Å². The van der Waals surface area contributed by atoms with Crippen molar-refractivity contribution < 1.29 is 9.59 Å². The third-order valence-electron chi connectivity index (χ3n) is 4.66. The number of hydrogen-bond acceptors (Lipinski definition) is 3. The molecule has 1 atom stereocenters. The lowest BCUT2D eigenvalue weighted by Gasteiger charge is -2.31. The molecule has 4 nitrogen and oxygen atoms in total. The molecule has 2 rings (SSSR count). The summed E-state index contributed by atoms with van der Waals surface area (Å²) in [4.78, 5) is 27.7. The predicted molar refractivity (Wildman–Crippen MR) is 129 cm³/mol. The van der Waals surface area contributed by atoms with Crippen LogP contribution in [-0.2, 0) is 21.9 Å². The van der Waals surface area contributed by atoms with Gasteiger partial charge in [-0.25, -0.2) is 0 Å². The maximum Gasteiger partial charge on any atom is 0.243 e. The molecule has 0 aromatic heterocycles. The highest BCUT2D eigenvalue weighted by Crippen LogP contribution is 2.19. The van der Waals surface area contributed by atoms with Crippen LogP contribution in [0.3, 0.4) is 0 Å². The SMILES string of the molecule is CCC(C(=O)NC(C)C)N(Cc1cccc(C)c1)C(=O)CSCc1ccc(Br)cc1. The van der Waals surface area contributed by atoms with Crippen molar-refractivity contribution in [1.82, 2.24) is 10.2 Å². The quantitative estimate of drug-likeness (QED) is 0.489. The number of halogens is 1. The number of carbonyl (C=O) groups is 2. The van der Waals surface area contributed by atoms with Gasteiger partial charge >= 0.3 is 0 Å². The van der Waals surface area contributed by atoms with Crippen LogP contribution >= 0.6 is 27.7 Å². The molecule has 2 amide bonds. The van der Waals surface area contributed by atoms with E-state index in [1.54, 1.807) is 16.7 Å². The monoisotopic (exact) mass is 490 g/mol. The molecular weight excluding hydrogens is 460 g/mol. The maximum absolute atomic E-state index is 13.2. The van der Waals surface area contributed by atoms with Gasteiger partial charge in [-0.3, -0.25) is 9.59 Å². The van der Waals surface area contributed by atoms with Gasteiger partial charge in [-0.15, -0.1) is 11.8 Å². The minimum Gasteiger partial charge on any atom is -0.352 e. The third kappa shape index (κ3) is 7.80. The van der Waals surface area contributed by atoms with E-state index in [4.69, 9.17) is 0 Å². The number of hydrogen-bond donors (Lipinski definition) is 1. The Morgan fingerprint density at radius 3 is 2.40 bits per heavy atom. The summed E-state index contributed by atoms with van der Waals surface area (Å²) < 4.78 is 1.04. The Morgan fingerprint density at radius 2 is 1.80 bits per heavy atom. The van der Waals surface area contributed by atoms with Crippen molar-refractivity contribution >= 4 is 39.5 Å². The van der Waals surface area contributed by atoms with E-state index in [-0.39, 0.29) is 17.9 Å². The molecule has 6 heteroatoms. The minimum atomic E-state index is -0.478. The Bertz CT molecular complexity index is 839. The Balaban J connectivity index is 2.12. The second kappa shape index (κ2) is 12.2. The fourth-order valence-corrected chi connectivity index (χ4v) is 4.36. The lowest BCUT2D eigenvalue weighted by Crippen LogP contribution is -2.50. The first-order valence-electron chi connectivity index (χ1n) is 10.3.